The number of hydrogen-bond donors (Lipinski definition) is 1. The zero-order valence-electron chi connectivity index (χ0n) is 18.8. The highest BCUT2D eigenvalue weighted by atomic mass is 16.7. The van der Waals surface area contributed by atoms with Gasteiger partial charge in [-0.25, -0.2) is 4.79 Å². The molecule has 0 bridgehead atoms. The molecule has 1 aliphatic carbocycles. The second-order valence-electron chi connectivity index (χ2n) is 9.56. The lowest BCUT2D eigenvalue weighted by Crippen LogP contribution is -2.56. The molecule has 0 saturated carbocycles. The number of carbonyl (C=O) groups is 2. The quantitative estimate of drug-likeness (QED) is 0.541. The molecule has 3 aliphatic heterocycles. The van der Waals surface area contributed by atoms with Gasteiger partial charge in [-0.1, -0.05) is 25.1 Å². The average Bonchev–Trinajstić information content (AvgIpc) is 3.38. The van der Waals surface area contributed by atoms with Crippen molar-refractivity contribution in [1.29, 1.82) is 0 Å². The Bertz CT molecular complexity index is 908. The van der Waals surface area contributed by atoms with Gasteiger partial charge in [0.15, 0.2) is 11.5 Å². The molecule has 1 aromatic rings. The lowest BCUT2D eigenvalue weighted by molar-refractivity contribution is -0.134. The molecule has 4 aliphatic rings. The van der Waals surface area contributed by atoms with Gasteiger partial charge in [-0.05, 0) is 81.1 Å². The SMILES string of the molecule is CC[C@@]1(C2CCN(C[C@H]3CC=CCC3)CC2)NC(=O)N(Cc2ccc3c(c2)OCO3)C1=O. The molecule has 0 unspecified atom stereocenters. The van der Waals surface area contributed by atoms with Gasteiger partial charge in [0, 0.05) is 6.54 Å². The minimum absolute atomic E-state index is 0.0847. The molecule has 7 nitrogen and oxygen atoms in total. The van der Waals surface area contributed by atoms with Crippen LogP contribution in [0, 0.1) is 11.8 Å². The number of urea groups is 1. The number of imide groups is 1. The van der Waals surface area contributed by atoms with Crippen molar-refractivity contribution in [1.82, 2.24) is 15.1 Å². The lowest BCUT2D eigenvalue weighted by Gasteiger charge is -2.41. The highest BCUT2D eigenvalue weighted by Gasteiger charge is 2.54. The van der Waals surface area contributed by atoms with E-state index >= 15 is 0 Å². The van der Waals surface area contributed by atoms with Crippen LogP contribution in [0.5, 0.6) is 11.5 Å². The average molecular weight is 440 g/mol. The minimum atomic E-state index is -0.785. The first-order valence-corrected chi connectivity index (χ1v) is 12.0. The first-order valence-electron chi connectivity index (χ1n) is 12.0. The van der Waals surface area contributed by atoms with Crippen LogP contribution in [0.1, 0.15) is 51.0 Å². The summed E-state index contributed by atoms with van der Waals surface area (Å²) >= 11 is 0. The second-order valence-corrected chi connectivity index (χ2v) is 9.56. The molecule has 7 heteroatoms. The first-order chi connectivity index (χ1) is 15.6. The van der Waals surface area contributed by atoms with Crippen LogP contribution in [0.15, 0.2) is 30.4 Å². The van der Waals surface area contributed by atoms with E-state index < -0.39 is 5.54 Å². The molecule has 3 amide bonds. The van der Waals surface area contributed by atoms with Crippen LogP contribution in [0.3, 0.4) is 0 Å². The van der Waals surface area contributed by atoms with Crippen LogP contribution in [0.2, 0.25) is 0 Å². The Labute approximate surface area is 189 Å². The summed E-state index contributed by atoms with van der Waals surface area (Å²) in [7, 11) is 0. The Kier molecular flexibility index (Phi) is 5.84. The topological polar surface area (TPSA) is 71.1 Å². The number of ether oxygens (including phenoxy) is 2. The number of fused-ring (bicyclic) bond motifs is 1. The van der Waals surface area contributed by atoms with Gasteiger partial charge < -0.3 is 19.7 Å². The normalized spacial score (nSPS) is 28.4. The molecule has 172 valence electrons. The highest BCUT2D eigenvalue weighted by Crippen LogP contribution is 2.38. The fourth-order valence-electron chi connectivity index (χ4n) is 5.81. The van der Waals surface area contributed by atoms with E-state index in [0.717, 1.165) is 44.0 Å². The van der Waals surface area contributed by atoms with Gasteiger partial charge in [-0.3, -0.25) is 9.69 Å². The van der Waals surface area contributed by atoms with Gasteiger partial charge in [-0.15, -0.1) is 0 Å². The zero-order valence-corrected chi connectivity index (χ0v) is 18.8. The smallest absolute Gasteiger partial charge is 0.325 e. The molecule has 2 atom stereocenters. The van der Waals surface area contributed by atoms with Gasteiger partial charge in [0.05, 0.1) is 6.54 Å². The highest BCUT2D eigenvalue weighted by molar-refractivity contribution is 6.07. The number of likely N-dealkylation sites (tertiary alicyclic amines) is 1. The van der Waals surface area contributed by atoms with E-state index in [4.69, 9.17) is 9.47 Å². The lowest BCUT2D eigenvalue weighted by atomic mass is 9.75. The van der Waals surface area contributed by atoms with Crippen LogP contribution in [0.4, 0.5) is 4.79 Å². The molecule has 0 aromatic heterocycles. The Morgan fingerprint density at radius 3 is 2.66 bits per heavy atom. The Hall–Kier alpha value is -2.54. The summed E-state index contributed by atoms with van der Waals surface area (Å²) < 4.78 is 10.8. The summed E-state index contributed by atoms with van der Waals surface area (Å²) in [5.74, 6) is 2.20. The van der Waals surface area contributed by atoms with Gasteiger partial charge in [0.25, 0.3) is 5.91 Å². The maximum absolute atomic E-state index is 13.6. The Morgan fingerprint density at radius 2 is 1.91 bits per heavy atom. The van der Waals surface area contributed by atoms with Crippen molar-refractivity contribution < 1.29 is 19.1 Å². The summed E-state index contributed by atoms with van der Waals surface area (Å²) in [4.78, 5) is 30.4. The number of amides is 3. The summed E-state index contributed by atoms with van der Waals surface area (Å²) in [5, 5.41) is 3.11. The molecule has 1 N–H and O–H groups in total. The predicted octanol–water partition coefficient (Wildman–Crippen LogP) is 3.68. The monoisotopic (exact) mass is 439 g/mol. The summed E-state index contributed by atoms with van der Waals surface area (Å²) in [6.45, 7) is 5.61. The number of rotatable bonds is 6. The van der Waals surface area contributed by atoms with E-state index in [9.17, 15) is 9.59 Å². The van der Waals surface area contributed by atoms with Crippen molar-refractivity contribution in [3.8, 4) is 11.5 Å². The van der Waals surface area contributed by atoms with E-state index in [1.807, 2.05) is 25.1 Å². The standard InChI is InChI=1S/C25H33N3O4/c1-2-25(20-10-12-27(13-11-20)15-18-6-4-3-5-7-18)23(29)28(24(30)26-25)16-19-8-9-21-22(14-19)32-17-31-21/h3-4,8-9,14,18,20H,2,5-7,10-13,15-17H2,1H3,(H,26,30)/t18-,25-/m0/s1. The van der Waals surface area contributed by atoms with E-state index in [2.05, 4.69) is 22.4 Å². The van der Waals surface area contributed by atoms with Gasteiger partial charge >= 0.3 is 6.03 Å². The summed E-state index contributed by atoms with van der Waals surface area (Å²) in [5.41, 5.74) is 0.0774. The Morgan fingerprint density at radius 1 is 1.09 bits per heavy atom. The van der Waals surface area contributed by atoms with E-state index in [1.54, 1.807) is 0 Å². The molecule has 2 fully saturated rings. The molecular weight excluding hydrogens is 406 g/mol. The maximum atomic E-state index is 13.6. The Balaban J connectivity index is 1.24. The van der Waals surface area contributed by atoms with Crippen LogP contribution >= 0.6 is 0 Å². The fraction of sp³-hybridized carbons (Fsp3) is 0.600. The summed E-state index contributed by atoms with van der Waals surface area (Å²) in [6, 6.07) is 5.29. The number of benzene rings is 1. The zero-order chi connectivity index (χ0) is 22.1. The van der Waals surface area contributed by atoms with Crippen LogP contribution < -0.4 is 14.8 Å². The van der Waals surface area contributed by atoms with E-state index in [0.29, 0.717) is 17.9 Å². The van der Waals surface area contributed by atoms with Gasteiger partial charge in [0.1, 0.15) is 5.54 Å². The van der Waals surface area contributed by atoms with E-state index in [1.165, 1.54) is 24.2 Å². The third-order valence-corrected chi connectivity index (χ3v) is 7.72. The molecule has 3 heterocycles. The van der Waals surface area contributed by atoms with Crippen molar-refractivity contribution in [3.63, 3.8) is 0 Å². The molecule has 32 heavy (non-hydrogen) atoms. The van der Waals surface area contributed by atoms with Crippen molar-refractivity contribution in [2.24, 2.45) is 11.8 Å². The largest absolute Gasteiger partial charge is 0.454 e. The number of hydrogen-bond acceptors (Lipinski definition) is 5. The first kappa shape index (κ1) is 21.3. The number of nitrogens with one attached hydrogen (secondary N) is 1. The van der Waals surface area contributed by atoms with Gasteiger partial charge in [-0.2, -0.15) is 0 Å². The maximum Gasteiger partial charge on any atom is 0.325 e. The van der Waals surface area contributed by atoms with Gasteiger partial charge in [0.2, 0.25) is 6.79 Å². The fourth-order valence-corrected chi connectivity index (χ4v) is 5.81. The molecule has 0 radical (unpaired) electrons. The number of carbonyl (C=O) groups excluding carboxylic acids is 2. The minimum Gasteiger partial charge on any atom is -0.454 e. The molecule has 0 spiro atoms. The van der Waals surface area contributed by atoms with Crippen molar-refractivity contribution in [3.05, 3.63) is 35.9 Å². The third-order valence-electron chi connectivity index (χ3n) is 7.72. The second kappa shape index (κ2) is 8.77. The van der Waals surface area contributed by atoms with Crippen molar-refractivity contribution >= 4 is 11.9 Å². The number of piperidine rings is 1. The molecular formula is C25H33N3O4. The van der Waals surface area contributed by atoms with Crippen molar-refractivity contribution in [2.75, 3.05) is 26.4 Å². The summed E-state index contributed by atoms with van der Waals surface area (Å²) in [6.07, 6.45) is 10.8. The van der Waals surface area contributed by atoms with Crippen LogP contribution in [-0.2, 0) is 11.3 Å². The van der Waals surface area contributed by atoms with Crippen LogP contribution in [-0.4, -0.2) is 53.7 Å². The predicted molar refractivity (Wildman–Crippen MR) is 120 cm³/mol. The van der Waals surface area contributed by atoms with Crippen LogP contribution in [0.25, 0.3) is 0 Å². The van der Waals surface area contributed by atoms with Crippen molar-refractivity contribution in [2.45, 2.75) is 57.5 Å². The third kappa shape index (κ3) is 3.87. The number of nitrogens with zero attached hydrogens (tertiary/aromatic N) is 2. The molecule has 1 aromatic carbocycles. The molecule has 5 rings (SSSR count). The number of allylic oxidation sites excluding steroid dienone is 2. The molecule has 2 saturated heterocycles. The van der Waals surface area contributed by atoms with E-state index in [-0.39, 0.29) is 31.2 Å².